The van der Waals surface area contributed by atoms with Crippen LogP contribution >= 0.6 is 11.6 Å². The number of rotatable bonds is 6. The molecule has 6 heteroatoms. The van der Waals surface area contributed by atoms with Crippen LogP contribution in [0.3, 0.4) is 0 Å². The lowest BCUT2D eigenvalue weighted by Gasteiger charge is -2.06. The quantitative estimate of drug-likeness (QED) is 0.830. The molecule has 1 aromatic heterocycles. The fourth-order valence-corrected chi connectivity index (χ4v) is 1.79. The van der Waals surface area contributed by atoms with Crippen LogP contribution in [-0.2, 0) is 6.61 Å². The minimum atomic E-state index is -0.438. The fraction of sp³-hybridized carbons (Fsp3) is 0.133. The largest absolute Gasteiger partial charge is 0.484 e. The highest BCUT2D eigenvalue weighted by Crippen LogP contribution is 2.25. The van der Waals surface area contributed by atoms with E-state index in [1.54, 1.807) is 18.2 Å². The Hall–Kier alpha value is -2.27. The number of ether oxygens (including phenoxy) is 1. The van der Waals surface area contributed by atoms with Crippen LogP contribution in [0, 0.1) is 5.82 Å². The zero-order chi connectivity index (χ0) is 15.2. The molecule has 110 valence electrons. The summed E-state index contributed by atoms with van der Waals surface area (Å²) in [6.07, 6.45) is 1.57. The van der Waals surface area contributed by atoms with Gasteiger partial charge in [0.1, 0.15) is 23.9 Å². The molecule has 0 aliphatic rings. The Morgan fingerprint density at radius 3 is 2.95 bits per heavy atom. The molecular formula is C15H13ClFNO3. The number of carbonyl (C=O) groups excluding carboxylic acids is 1. The molecule has 0 saturated carbocycles. The maximum atomic E-state index is 12.9. The van der Waals surface area contributed by atoms with E-state index in [0.717, 1.165) is 6.07 Å². The molecule has 1 amide bonds. The van der Waals surface area contributed by atoms with Gasteiger partial charge in [-0.15, -0.1) is 6.58 Å². The van der Waals surface area contributed by atoms with Gasteiger partial charge in [0, 0.05) is 6.54 Å². The van der Waals surface area contributed by atoms with E-state index in [2.05, 4.69) is 11.9 Å². The van der Waals surface area contributed by atoms with Gasteiger partial charge in [0.05, 0.1) is 5.02 Å². The summed E-state index contributed by atoms with van der Waals surface area (Å²) in [5, 5.41) is 2.77. The van der Waals surface area contributed by atoms with Gasteiger partial charge < -0.3 is 14.5 Å². The zero-order valence-corrected chi connectivity index (χ0v) is 11.8. The highest BCUT2D eigenvalue weighted by atomic mass is 35.5. The summed E-state index contributed by atoms with van der Waals surface area (Å²) in [6.45, 7) is 3.95. The first kappa shape index (κ1) is 15.1. The van der Waals surface area contributed by atoms with Gasteiger partial charge in [0.25, 0.3) is 5.91 Å². The average molecular weight is 310 g/mol. The van der Waals surface area contributed by atoms with Gasteiger partial charge in [-0.2, -0.15) is 0 Å². The molecule has 0 aliphatic heterocycles. The van der Waals surface area contributed by atoms with E-state index in [1.165, 1.54) is 12.1 Å². The molecule has 1 aromatic carbocycles. The Bertz CT molecular complexity index is 654. The Morgan fingerprint density at radius 1 is 1.43 bits per heavy atom. The summed E-state index contributed by atoms with van der Waals surface area (Å²) in [7, 11) is 0. The molecule has 1 N–H and O–H groups in total. The Balaban J connectivity index is 1.96. The van der Waals surface area contributed by atoms with Crippen molar-refractivity contribution in [2.24, 2.45) is 0 Å². The number of halogens is 2. The molecule has 0 bridgehead atoms. The van der Waals surface area contributed by atoms with Crippen LogP contribution in [0.25, 0.3) is 0 Å². The fourth-order valence-electron chi connectivity index (χ4n) is 1.57. The minimum Gasteiger partial charge on any atom is -0.484 e. The number of benzene rings is 1. The second-order valence-electron chi connectivity index (χ2n) is 4.13. The molecule has 2 aromatic rings. The predicted octanol–water partition coefficient (Wildman–Crippen LogP) is 3.57. The van der Waals surface area contributed by atoms with Crippen molar-refractivity contribution in [1.29, 1.82) is 0 Å². The van der Waals surface area contributed by atoms with Crippen LogP contribution < -0.4 is 10.1 Å². The molecule has 1 heterocycles. The second-order valence-corrected chi connectivity index (χ2v) is 4.54. The minimum absolute atomic E-state index is 0.0834. The van der Waals surface area contributed by atoms with Gasteiger partial charge in [-0.25, -0.2) is 4.39 Å². The Morgan fingerprint density at radius 2 is 2.24 bits per heavy atom. The van der Waals surface area contributed by atoms with Crippen LogP contribution in [0.1, 0.15) is 16.3 Å². The summed E-state index contributed by atoms with van der Waals surface area (Å²) in [5.41, 5.74) is 0. The summed E-state index contributed by atoms with van der Waals surface area (Å²) < 4.78 is 23.6. The van der Waals surface area contributed by atoms with Gasteiger partial charge in [-0.3, -0.25) is 4.79 Å². The Labute approximate surface area is 126 Å². The van der Waals surface area contributed by atoms with Crippen LogP contribution in [-0.4, -0.2) is 12.5 Å². The zero-order valence-electron chi connectivity index (χ0n) is 11.1. The van der Waals surface area contributed by atoms with Crippen molar-refractivity contribution in [2.45, 2.75) is 6.61 Å². The maximum absolute atomic E-state index is 12.9. The average Bonchev–Trinajstić information content (AvgIpc) is 2.93. The number of nitrogens with one attached hydrogen (secondary N) is 1. The van der Waals surface area contributed by atoms with Gasteiger partial charge in [-0.1, -0.05) is 17.7 Å². The van der Waals surface area contributed by atoms with Crippen molar-refractivity contribution in [3.8, 4) is 5.75 Å². The monoisotopic (exact) mass is 309 g/mol. The molecule has 0 aliphatic carbocycles. The number of hydrogen-bond donors (Lipinski definition) is 1. The van der Waals surface area contributed by atoms with Crippen LogP contribution in [0.4, 0.5) is 4.39 Å². The smallest absolute Gasteiger partial charge is 0.287 e. The molecule has 4 nitrogen and oxygen atoms in total. The van der Waals surface area contributed by atoms with Crippen molar-refractivity contribution in [1.82, 2.24) is 5.32 Å². The van der Waals surface area contributed by atoms with Crippen molar-refractivity contribution >= 4 is 17.5 Å². The second kappa shape index (κ2) is 6.95. The molecule has 0 saturated heterocycles. The van der Waals surface area contributed by atoms with E-state index in [1.807, 2.05) is 0 Å². The predicted molar refractivity (Wildman–Crippen MR) is 77.0 cm³/mol. The summed E-state index contributed by atoms with van der Waals surface area (Å²) in [5.74, 6) is 0.208. The number of amides is 1. The van der Waals surface area contributed by atoms with Gasteiger partial charge in [0.15, 0.2) is 5.76 Å². The first-order valence-electron chi connectivity index (χ1n) is 6.16. The summed E-state index contributed by atoms with van der Waals surface area (Å²) in [4.78, 5) is 11.6. The van der Waals surface area contributed by atoms with Crippen molar-refractivity contribution < 1.29 is 18.3 Å². The summed E-state index contributed by atoms with van der Waals surface area (Å²) >= 11 is 5.84. The highest BCUT2D eigenvalue weighted by Gasteiger charge is 2.11. The van der Waals surface area contributed by atoms with E-state index >= 15 is 0 Å². The maximum Gasteiger partial charge on any atom is 0.287 e. The van der Waals surface area contributed by atoms with Crippen molar-refractivity contribution in [3.63, 3.8) is 0 Å². The first-order chi connectivity index (χ1) is 10.1. The van der Waals surface area contributed by atoms with E-state index in [0.29, 0.717) is 18.1 Å². The van der Waals surface area contributed by atoms with Crippen molar-refractivity contribution in [2.75, 3.05) is 6.54 Å². The molecule has 0 spiro atoms. The van der Waals surface area contributed by atoms with E-state index < -0.39 is 5.82 Å². The molecular weight excluding hydrogens is 297 g/mol. The van der Waals surface area contributed by atoms with E-state index in [9.17, 15) is 9.18 Å². The third-order valence-electron chi connectivity index (χ3n) is 2.56. The van der Waals surface area contributed by atoms with Crippen LogP contribution in [0.5, 0.6) is 5.75 Å². The van der Waals surface area contributed by atoms with Crippen LogP contribution in [0.2, 0.25) is 5.02 Å². The van der Waals surface area contributed by atoms with E-state index in [-0.39, 0.29) is 23.3 Å². The number of furan rings is 1. The first-order valence-corrected chi connectivity index (χ1v) is 6.53. The summed E-state index contributed by atoms with van der Waals surface area (Å²) in [6, 6.07) is 7.01. The SMILES string of the molecule is C=CCNC(=O)c1ccc(COc2ccc(F)cc2Cl)o1. The highest BCUT2D eigenvalue weighted by molar-refractivity contribution is 6.32. The van der Waals surface area contributed by atoms with E-state index in [4.69, 9.17) is 20.8 Å². The normalized spacial score (nSPS) is 10.2. The lowest BCUT2D eigenvalue weighted by atomic mass is 10.3. The number of hydrogen-bond acceptors (Lipinski definition) is 3. The topological polar surface area (TPSA) is 51.5 Å². The Kier molecular flexibility index (Phi) is 5.00. The molecule has 0 unspecified atom stereocenters. The van der Waals surface area contributed by atoms with Crippen LogP contribution in [0.15, 0.2) is 47.4 Å². The van der Waals surface area contributed by atoms with Gasteiger partial charge >= 0.3 is 0 Å². The van der Waals surface area contributed by atoms with Crippen molar-refractivity contribution in [3.05, 3.63) is 65.3 Å². The third-order valence-corrected chi connectivity index (χ3v) is 2.85. The third kappa shape index (κ3) is 4.10. The molecule has 0 fully saturated rings. The van der Waals surface area contributed by atoms with Gasteiger partial charge in [0.2, 0.25) is 0 Å². The van der Waals surface area contributed by atoms with Gasteiger partial charge in [-0.05, 0) is 30.3 Å². The molecule has 2 rings (SSSR count). The molecule has 21 heavy (non-hydrogen) atoms. The number of carbonyl (C=O) groups is 1. The lowest BCUT2D eigenvalue weighted by molar-refractivity contribution is 0.0926. The lowest BCUT2D eigenvalue weighted by Crippen LogP contribution is -2.22. The standard InChI is InChI=1S/C15H13ClFNO3/c1-2-7-18-15(19)14-6-4-11(21-14)9-20-13-5-3-10(17)8-12(13)16/h2-6,8H,1,7,9H2,(H,18,19). The molecule has 0 atom stereocenters. The molecule has 0 radical (unpaired) electrons.